The molecule has 90 valence electrons. The average Bonchev–Trinajstić information content (AvgIpc) is 2.30. The molecule has 0 heterocycles. The van der Waals surface area contributed by atoms with Crippen molar-refractivity contribution in [3.05, 3.63) is 30.3 Å². The van der Waals surface area contributed by atoms with E-state index in [2.05, 4.69) is 5.32 Å². The standard InChI is InChI=1S/C10H11N3O3S/c11-7-4-8-12-10(14)13-17(15,16)9-5-2-1-3-6-9/h1-3,5-6H,4,8H2,(H2,12,13,14). The van der Waals surface area contributed by atoms with E-state index in [1.807, 2.05) is 10.8 Å². The number of hydrogen-bond donors (Lipinski definition) is 2. The van der Waals surface area contributed by atoms with Gasteiger partial charge in [-0.05, 0) is 12.1 Å². The maximum Gasteiger partial charge on any atom is 0.328 e. The van der Waals surface area contributed by atoms with Crippen LogP contribution in [0.2, 0.25) is 0 Å². The highest BCUT2D eigenvalue weighted by molar-refractivity contribution is 7.90. The van der Waals surface area contributed by atoms with Crippen LogP contribution in [0, 0.1) is 11.3 Å². The van der Waals surface area contributed by atoms with Gasteiger partial charge in [0.2, 0.25) is 0 Å². The topological polar surface area (TPSA) is 99.1 Å². The lowest BCUT2D eigenvalue weighted by atomic mass is 10.4. The van der Waals surface area contributed by atoms with Crippen LogP contribution in [-0.2, 0) is 10.0 Å². The van der Waals surface area contributed by atoms with E-state index in [-0.39, 0.29) is 17.9 Å². The first-order chi connectivity index (χ1) is 8.06. The molecule has 0 unspecified atom stereocenters. The zero-order valence-corrected chi connectivity index (χ0v) is 9.70. The van der Waals surface area contributed by atoms with E-state index in [1.165, 1.54) is 12.1 Å². The maximum absolute atomic E-state index is 11.6. The zero-order valence-electron chi connectivity index (χ0n) is 8.88. The first kappa shape index (κ1) is 13.0. The number of amides is 2. The van der Waals surface area contributed by atoms with Gasteiger partial charge in [-0.1, -0.05) is 18.2 Å². The molecule has 17 heavy (non-hydrogen) atoms. The summed E-state index contributed by atoms with van der Waals surface area (Å²) in [7, 11) is -3.84. The van der Waals surface area contributed by atoms with Crippen LogP contribution in [0.1, 0.15) is 6.42 Å². The molecule has 0 bridgehead atoms. The predicted molar refractivity (Wildman–Crippen MR) is 60.4 cm³/mol. The van der Waals surface area contributed by atoms with Crippen molar-refractivity contribution in [3.63, 3.8) is 0 Å². The van der Waals surface area contributed by atoms with Gasteiger partial charge in [0.1, 0.15) is 0 Å². The number of nitrogens with zero attached hydrogens (tertiary/aromatic N) is 1. The summed E-state index contributed by atoms with van der Waals surface area (Å²) in [5, 5.41) is 10.5. The van der Waals surface area contributed by atoms with Gasteiger partial charge in [-0.15, -0.1) is 0 Å². The number of benzene rings is 1. The van der Waals surface area contributed by atoms with Crippen LogP contribution < -0.4 is 10.0 Å². The Balaban J connectivity index is 2.63. The summed E-state index contributed by atoms with van der Waals surface area (Å²) in [5.74, 6) is 0. The van der Waals surface area contributed by atoms with E-state index < -0.39 is 16.1 Å². The number of carbonyl (C=O) groups is 1. The van der Waals surface area contributed by atoms with Gasteiger partial charge in [0, 0.05) is 6.54 Å². The number of hydrogen-bond acceptors (Lipinski definition) is 4. The van der Waals surface area contributed by atoms with Gasteiger partial charge in [-0.25, -0.2) is 17.9 Å². The Morgan fingerprint density at radius 1 is 1.29 bits per heavy atom. The second kappa shape index (κ2) is 5.86. The summed E-state index contributed by atoms with van der Waals surface area (Å²) in [6, 6.07) is 8.53. The van der Waals surface area contributed by atoms with Gasteiger partial charge in [0.05, 0.1) is 17.4 Å². The van der Waals surface area contributed by atoms with E-state index in [0.717, 1.165) is 0 Å². The van der Waals surface area contributed by atoms with Crippen molar-refractivity contribution in [1.82, 2.24) is 10.0 Å². The quantitative estimate of drug-likeness (QED) is 0.767. The Bertz CT molecular complexity index is 519. The van der Waals surface area contributed by atoms with Gasteiger partial charge in [-0.3, -0.25) is 0 Å². The molecule has 0 saturated heterocycles. The molecule has 0 fully saturated rings. The van der Waals surface area contributed by atoms with Crippen LogP contribution in [0.3, 0.4) is 0 Å². The monoisotopic (exact) mass is 253 g/mol. The number of rotatable bonds is 4. The van der Waals surface area contributed by atoms with Crippen molar-refractivity contribution in [2.75, 3.05) is 6.54 Å². The first-order valence-corrected chi connectivity index (χ1v) is 6.27. The summed E-state index contributed by atoms with van der Waals surface area (Å²) in [6.45, 7) is 0.104. The van der Waals surface area contributed by atoms with Crippen molar-refractivity contribution in [2.24, 2.45) is 0 Å². The third kappa shape index (κ3) is 4.12. The number of nitriles is 1. The van der Waals surface area contributed by atoms with Crippen LogP contribution in [0.25, 0.3) is 0 Å². The summed E-state index contributed by atoms with van der Waals surface area (Å²) in [5.41, 5.74) is 0. The van der Waals surface area contributed by atoms with Gasteiger partial charge >= 0.3 is 6.03 Å². The summed E-state index contributed by atoms with van der Waals surface area (Å²) in [4.78, 5) is 11.2. The Morgan fingerprint density at radius 2 is 1.94 bits per heavy atom. The molecule has 0 spiro atoms. The van der Waals surface area contributed by atoms with Crippen LogP contribution in [0.5, 0.6) is 0 Å². The van der Waals surface area contributed by atoms with Crippen LogP contribution in [0.15, 0.2) is 35.2 Å². The Labute approximate surface area is 99.3 Å². The minimum absolute atomic E-state index is 0.00966. The third-order valence-electron chi connectivity index (χ3n) is 1.80. The van der Waals surface area contributed by atoms with E-state index in [1.54, 1.807) is 18.2 Å². The maximum atomic E-state index is 11.6. The van der Waals surface area contributed by atoms with E-state index >= 15 is 0 Å². The molecule has 0 aliphatic carbocycles. The van der Waals surface area contributed by atoms with Crippen LogP contribution >= 0.6 is 0 Å². The Kier molecular flexibility index (Phi) is 4.48. The lowest BCUT2D eigenvalue weighted by Crippen LogP contribution is -2.39. The third-order valence-corrected chi connectivity index (χ3v) is 3.15. The van der Waals surface area contributed by atoms with Gasteiger partial charge in [0.15, 0.2) is 0 Å². The fourth-order valence-electron chi connectivity index (χ4n) is 1.05. The smallest absolute Gasteiger partial charge is 0.328 e. The predicted octanol–water partition coefficient (Wildman–Crippen LogP) is 0.588. The fourth-order valence-corrected chi connectivity index (χ4v) is 2.00. The highest BCUT2D eigenvalue weighted by Crippen LogP contribution is 2.06. The highest BCUT2D eigenvalue weighted by atomic mass is 32.2. The molecule has 2 amide bonds. The Morgan fingerprint density at radius 3 is 2.53 bits per heavy atom. The number of nitrogens with one attached hydrogen (secondary N) is 2. The van der Waals surface area contributed by atoms with Crippen molar-refractivity contribution >= 4 is 16.1 Å². The lowest BCUT2D eigenvalue weighted by Gasteiger charge is -2.07. The number of carbonyl (C=O) groups excluding carboxylic acids is 1. The SMILES string of the molecule is N#CCCNC(=O)NS(=O)(=O)c1ccccc1. The Hall–Kier alpha value is -2.07. The normalized spacial score (nSPS) is 10.3. The molecule has 6 nitrogen and oxygen atoms in total. The van der Waals surface area contributed by atoms with Gasteiger partial charge in [0.25, 0.3) is 10.0 Å². The molecule has 1 aromatic rings. The molecule has 0 saturated carbocycles. The summed E-state index contributed by atoms with van der Waals surface area (Å²) < 4.78 is 25.1. The van der Waals surface area contributed by atoms with Crippen molar-refractivity contribution in [2.45, 2.75) is 11.3 Å². The largest absolute Gasteiger partial charge is 0.336 e. The summed E-state index contributed by atoms with van der Waals surface area (Å²) in [6.07, 6.45) is 0.124. The summed E-state index contributed by atoms with van der Waals surface area (Å²) >= 11 is 0. The zero-order chi connectivity index (χ0) is 12.7. The number of urea groups is 1. The molecule has 0 aliphatic heterocycles. The molecule has 1 aromatic carbocycles. The van der Waals surface area contributed by atoms with Crippen molar-refractivity contribution in [1.29, 1.82) is 5.26 Å². The number of sulfonamides is 1. The van der Waals surface area contributed by atoms with E-state index in [4.69, 9.17) is 5.26 Å². The fraction of sp³-hybridized carbons (Fsp3) is 0.200. The van der Waals surface area contributed by atoms with E-state index in [0.29, 0.717) is 0 Å². The first-order valence-electron chi connectivity index (χ1n) is 4.79. The van der Waals surface area contributed by atoms with E-state index in [9.17, 15) is 13.2 Å². The molecule has 1 rings (SSSR count). The van der Waals surface area contributed by atoms with Crippen molar-refractivity contribution < 1.29 is 13.2 Å². The lowest BCUT2D eigenvalue weighted by molar-refractivity contribution is 0.246. The molecular formula is C10H11N3O3S. The second-order valence-corrected chi connectivity index (χ2v) is 4.76. The van der Waals surface area contributed by atoms with Crippen LogP contribution in [0.4, 0.5) is 4.79 Å². The average molecular weight is 253 g/mol. The van der Waals surface area contributed by atoms with Gasteiger partial charge in [-0.2, -0.15) is 5.26 Å². The second-order valence-electron chi connectivity index (χ2n) is 3.08. The minimum atomic E-state index is -3.84. The minimum Gasteiger partial charge on any atom is -0.336 e. The molecule has 2 N–H and O–H groups in total. The molecule has 0 aromatic heterocycles. The highest BCUT2D eigenvalue weighted by Gasteiger charge is 2.16. The molecule has 0 atom stereocenters. The van der Waals surface area contributed by atoms with Gasteiger partial charge < -0.3 is 5.32 Å². The molecule has 0 radical (unpaired) electrons. The molecule has 7 heteroatoms. The molecular weight excluding hydrogens is 242 g/mol. The van der Waals surface area contributed by atoms with Crippen LogP contribution in [-0.4, -0.2) is 21.0 Å². The molecule has 0 aliphatic rings. The van der Waals surface area contributed by atoms with Crippen molar-refractivity contribution in [3.8, 4) is 6.07 Å².